The first kappa shape index (κ1) is 15.2. The second-order valence-electron chi connectivity index (χ2n) is 6.12. The summed E-state index contributed by atoms with van der Waals surface area (Å²) in [5, 5.41) is 0. The normalized spacial score (nSPS) is 24.1. The predicted octanol–water partition coefficient (Wildman–Crippen LogP) is 3.46. The predicted molar refractivity (Wildman–Crippen MR) is 83.7 cm³/mol. The molecule has 1 saturated heterocycles. The lowest BCUT2D eigenvalue weighted by atomic mass is 9.97. The van der Waals surface area contributed by atoms with Crippen molar-refractivity contribution in [2.24, 2.45) is 0 Å². The lowest BCUT2D eigenvalue weighted by Crippen LogP contribution is -2.45. The fraction of sp³-hybridized carbons (Fsp3) is 0.588. The first-order valence-electron chi connectivity index (χ1n) is 7.48. The minimum atomic E-state index is 0.307. The summed E-state index contributed by atoms with van der Waals surface area (Å²) in [5.41, 5.74) is 3.66. The van der Waals surface area contributed by atoms with Crippen LogP contribution in [0.3, 0.4) is 0 Å². The maximum Gasteiger partial charge on any atom is 0.0678 e. The smallest absolute Gasteiger partial charge is 0.0678 e. The fourth-order valence-electron chi connectivity index (χ4n) is 2.95. The molecule has 0 amide bonds. The maximum atomic E-state index is 5.80. The van der Waals surface area contributed by atoms with Gasteiger partial charge in [0.1, 0.15) is 0 Å². The van der Waals surface area contributed by atoms with Gasteiger partial charge in [0.2, 0.25) is 0 Å². The van der Waals surface area contributed by atoms with Gasteiger partial charge in [-0.1, -0.05) is 20.4 Å². The zero-order valence-corrected chi connectivity index (χ0v) is 13.1. The molecule has 0 N–H and O–H groups in total. The van der Waals surface area contributed by atoms with Crippen LogP contribution in [0.5, 0.6) is 0 Å². The lowest BCUT2D eigenvalue weighted by Gasteiger charge is -2.35. The average molecular weight is 274 g/mol. The highest BCUT2D eigenvalue weighted by molar-refractivity contribution is 5.45. The Labute approximate surface area is 122 Å². The third-order valence-electron chi connectivity index (χ3n) is 3.76. The summed E-state index contributed by atoms with van der Waals surface area (Å²) >= 11 is 0. The van der Waals surface area contributed by atoms with E-state index < -0.39 is 0 Å². The van der Waals surface area contributed by atoms with Crippen LogP contribution in [0.25, 0.3) is 6.08 Å². The Kier molecular flexibility index (Phi) is 4.95. The fourth-order valence-corrected chi connectivity index (χ4v) is 2.95. The standard InChI is InChI=1S/C17H26N2O/c1-6-16-7-17(12(2)3)15(8-18-16)11-19-9-13(4)20-14(5)10-19/h6-8,12-14H,1,9-11H2,2-5H3/t13-,14+. The number of rotatable bonds is 4. The van der Waals surface area contributed by atoms with Gasteiger partial charge in [-0.25, -0.2) is 0 Å². The molecule has 0 aliphatic carbocycles. The number of nitrogens with zero attached hydrogens (tertiary/aromatic N) is 2. The number of hydrogen-bond acceptors (Lipinski definition) is 3. The van der Waals surface area contributed by atoms with Gasteiger partial charge in [0, 0.05) is 25.8 Å². The van der Waals surface area contributed by atoms with E-state index in [4.69, 9.17) is 4.74 Å². The number of hydrogen-bond donors (Lipinski definition) is 0. The number of ether oxygens (including phenoxy) is 1. The summed E-state index contributed by atoms with van der Waals surface area (Å²) in [6, 6.07) is 2.17. The van der Waals surface area contributed by atoms with Gasteiger partial charge in [-0.05, 0) is 43.0 Å². The topological polar surface area (TPSA) is 25.4 Å². The van der Waals surface area contributed by atoms with Crippen molar-refractivity contribution < 1.29 is 4.74 Å². The number of aromatic nitrogens is 1. The molecule has 1 aromatic heterocycles. The summed E-state index contributed by atoms with van der Waals surface area (Å²) in [7, 11) is 0. The third kappa shape index (κ3) is 3.68. The quantitative estimate of drug-likeness (QED) is 0.841. The molecule has 0 unspecified atom stereocenters. The van der Waals surface area contributed by atoms with Gasteiger partial charge in [-0.15, -0.1) is 0 Å². The molecule has 20 heavy (non-hydrogen) atoms. The molecular formula is C17H26N2O. The molecule has 0 bridgehead atoms. The van der Waals surface area contributed by atoms with E-state index in [0.29, 0.717) is 18.1 Å². The molecule has 0 radical (unpaired) electrons. The molecule has 1 aliphatic heterocycles. The minimum absolute atomic E-state index is 0.307. The highest BCUT2D eigenvalue weighted by Crippen LogP contribution is 2.23. The Hall–Kier alpha value is -1.19. The van der Waals surface area contributed by atoms with Crippen molar-refractivity contribution in [3.8, 4) is 0 Å². The molecule has 2 atom stereocenters. The molecule has 2 rings (SSSR count). The van der Waals surface area contributed by atoms with Gasteiger partial charge >= 0.3 is 0 Å². The van der Waals surface area contributed by atoms with Crippen LogP contribution in [-0.2, 0) is 11.3 Å². The van der Waals surface area contributed by atoms with E-state index in [0.717, 1.165) is 25.3 Å². The van der Waals surface area contributed by atoms with Crippen molar-refractivity contribution in [1.82, 2.24) is 9.88 Å². The Morgan fingerprint density at radius 2 is 2.05 bits per heavy atom. The summed E-state index contributed by atoms with van der Waals surface area (Å²) in [6.07, 6.45) is 4.44. The number of pyridine rings is 1. The van der Waals surface area contributed by atoms with E-state index in [9.17, 15) is 0 Å². The van der Waals surface area contributed by atoms with Crippen molar-refractivity contribution in [3.63, 3.8) is 0 Å². The molecule has 0 aromatic carbocycles. The third-order valence-corrected chi connectivity index (χ3v) is 3.76. The van der Waals surface area contributed by atoms with Gasteiger partial charge in [-0.3, -0.25) is 9.88 Å². The molecule has 2 heterocycles. The van der Waals surface area contributed by atoms with Crippen molar-refractivity contribution in [3.05, 3.63) is 35.7 Å². The highest BCUT2D eigenvalue weighted by Gasteiger charge is 2.23. The molecule has 1 aromatic rings. The lowest BCUT2D eigenvalue weighted by molar-refractivity contribution is -0.0705. The van der Waals surface area contributed by atoms with Crippen LogP contribution in [-0.4, -0.2) is 35.2 Å². The molecule has 1 fully saturated rings. The first-order valence-corrected chi connectivity index (χ1v) is 7.48. The van der Waals surface area contributed by atoms with E-state index >= 15 is 0 Å². The van der Waals surface area contributed by atoms with Gasteiger partial charge in [0.05, 0.1) is 17.9 Å². The maximum absolute atomic E-state index is 5.80. The molecule has 0 spiro atoms. The van der Waals surface area contributed by atoms with Crippen LogP contribution in [0.15, 0.2) is 18.8 Å². The zero-order valence-electron chi connectivity index (χ0n) is 13.1. The van der Waals surface area contributed by atoms with Gasteiger partial charge < -0.3 is 4.74 Å². The van der Waals surface area contributed by atoms with Crippen molar-refractivity contribution >= 4 is 6.08 Å². The van der Waals surface area contributed by atoms with Crippen LogP contribution in [0.1, 0.15) is 50.4 Å². The average Bonchev–Trinajstić information content (AvgIpc) is 2.37. The van der Waals surface area contributed by atoms with Crippen LogP contribution in [0.2, 0.25) is 0 Å². The molecule has 3 heteroatoms. The Bertz CT molecular complexity index is 460. The highest BCUT2D eigenvalue weighted by atomic mass is 16.5. The molecule has 3 nitrogen and oxygen atoms in total. The zero-order chi connectivity index (χ0) is 14.7. The number of morpholine rings is 1. The minimum Gasteiger partial charge on any atom is -0.373 e. The van der Waals surface area contributed by atoms with Gasteiger partial charge in [0.15, 0.2) is 0 Å². The second-order valence-corrected chi connectivity index (χ2v) is 6.12. The monoisotopic (exact) mass is 274 g/mol. The Morgan fingerprint density at radius 1 is 1.40 bits per heavy atom. The van der Waals surface area contributed by atoms with E-state index in [1.54, 1.807) is 0 Å². The van der Waals surface area contributed by atoms with Crippen LogP contribution in [0, 0.1) is 0 Å². The van der Waals surface area contributed by atoms with Gasteiger partial charge in [0.25, 0.3) is 0 Å². The second kappa shape index (κ2) is 6.51. The summed E-state index contributed by atoms with van der Waals surface area (Å²) in [4.78, 5) is 6.94. The van der Waals surface area contributed by atoms with Crippen molar-refractivity contribution in [2.75, 3.05) is 13.1 Å². The summed E-state index contributed by atoms with van der Waals surface area (Å²) in [5.74, 6) is 0.502. The Balaban J connectivity index is 2.17. The largest absolute Gasteiger partial charge is 0.373 e. The molecule has 1 aliphatic rings. The van der Waals surface area contributed by atoms with Crippen LogP contribution in [0.4, 0.5) is 0 Å². The van der Waals surface area contributed by atoms with E-state index in [2.05, 4.69) is 50.2 Å². The van der Waals surface area contributed by atoms with Crippen molar-refractivity contribution in [2.45, 2.75) is 52.4 Å². The van der Waals surface area contributed by atoms with Crippen LogP contribution < -0.4 is 0 Å². The molecule has 0 saturated carbocycles. The van der Waals surface area contributed by atoms with Gasteiger partial charge in [-0.2, -0.15) is 0 Å². The van der Waals surface area contributed by atoms with E-state index in [1.165, 1.54) is 11.1 Å². The van der Waals surface area contributed by atoms with Crippen molar-refractivity contribution in [1.29, 1.82) is 0 Å². The summed E-state index contributed by atoms with van der Waals surface area (Å²) in [6.45, 7) is 15.5. The Morgan fingerprint density at radius 3 is 2.60 bits per heavy atom. The van der Waals surface area contributed by atoms with E-state index in [1.807, 2.05) is 12.3 Å². The first-order chi connectivity index (χ1) is 9.49. The summed E-state index contributed by atoms with van der Waals surface area (Å²) < 4.78 is 5.80. The molecule has 110 valence electrons. The SMILES string of the molecule is C=Cc1cc(C(C)C)c(CN2C[C@@H](C)O[C@@H](C)C2)cn1. The van der Waals surface area contributed by atoms with E-state index in [-0.39, 0.29) is 0 Å². The molecular weight excluding hydrogens is 248 g/mol. The van der Waals surface area contributed by atoms with Crippen LogP contribution >= 0.6 is 0 Å².